The van der Waals surface area contributed by atoms with Crippen LogP contribution in [-0.2, 0) is 0 Å². The Kier molecular flexibility index (Phi) is 4.83. The summed E-state index contributed by atoms with van der Waals surface area (Å²) in [7, 11) is -1.44. The van der Waals surface area contributed by atoms with Gasteiger partial charge in [0, 0.05) is 12.6 Å². The zero-order valence-electron chi connectivity index (χ0n) is 12.4. The number of hydrogen-bond acceptors (Lipinski definition) is 4. The first kappa shape index (κ1) is 14.9. The standard InChI is InChI=1S/C16H24BNO3/c19-17(20)14-6-2-7-15(12-14)21-11-10-18-9-3-5-13-4-1-8-16(13)18/h2,6-7,12-13,16,19-20H,1,3-5,8-11H2. The molecule has 2 fully saturated rings. The number of rotatable bonds is 5. The minimum atomic E-state index is -1.44. The largest absolute Gasteiger partial charge is 0.492 e. The summed E-state index contributed by atoms with van der Waals surface area (Å²) >= 11 is 0. The van der Waals surface area contributed by atoms with Crippen LogP contribution in [-0.4, -0.2) is 47.8 Å². The molecule has 0 aromatic heterocycles. The maximum Gasteiger partial charge on any atom is 0.488 e. The SMILES string of the molecule is OB(O)c1cccc(OCCN2CCCC3CCCC32)c1. The molecule has 21 heavy (non-hydrogen) atoms. The molecule has 1 aromatic rings. The van der Waals surface area contributed by atoms with Crippen molar-refractivity contribution in [3.63, 3.8) is 0 Å². The normalized spacial score (nSPS) is 25.6. The molecule has 0 amide bonds. The Bertz CT molecular complexity index is 469. The van der Waals surface area contributed by atoms with Gasteiger partial charge in [0.1, 0.15) is 12.4 Å². The average molecular weight is 289 g/mol. The van der Waals surface area contributed by atoms with E-state index in [1.165, 1.54) is 38.6 Å². The number of benzene rings is 1. The quantitative estimate of drug-likeness (QED) is 0.794. The van der Waals surface area contributed by atoms with E-state index in [9.17, 15) is 10.0 Å². The van der Waals surface area contributed by atoms with Crippen LogP contribution in [0, 0.1) is 5.92 Å². The molecule has 2 aliphatic rings. The second-order valence-electron chi connectivity index (χ2n) is 6.23. The van der Waals surface area contributed by atoms with Gasteiger partial charge in [-0.05, 0) is 55.7 Å². The first-order chi connectivity index (χ1) is 10.2. The molecule has 1 aromatic carbocycles. The van der Waals surface area contributed by atoms with Crippen LogP contribution in [0.25, 0.3) is 0 Å². The predicted octanol–water partition coefficient (Wildman–Crippen LogP) is 1.01. The van der Waals surface area contributed by atoms with Gasteiger partial charge in [-0.15, -0.1) is 0 Å². The fraction of sp³-hybridized carbons (Fsp3) is 0.625. The summed E-state index contributed by atoms with van der Waals surface area (Å²) in [6, 6.07) is 7.80. The Labute approximate surface area is 126 Å². The maximum atomic E-state index is 9.17. The number of piperidine rings is 1. The smallest absolute Gasteiger partial charge is 0.488 e. The van der Waals surface area contributed by atoms with E-state index in [-0.39, 0.29) is 0 Å². The highest BCUT2D eigenvalue weighted by Gasteiger charge is 2.34. The molecule has 4 nitrogen and oxygen atoms in total. The molecule has 2 N–H and O–H groups in total. The van der Waals surface area contributed by atoms with Gasteiger partial charge in [-0.3, -0.25) is 4.90 Å². The van der Waals surface area contributed by atoms with Crippen LogP contribution in [0.1, 0.15) is 32.1 Å². The fourth-order valence-corrected chi connectivity index (χ4v) is 3.88. The number of likely N-dealkylation sites (tertiary alicyclic amines) is 1. The maximum absolute atomic E-state index is 9.17. The van der Waals surface area contributed by atoms with Gasteiger partial charge in [0.15, 0.2) is 0 Å². The lowest BCUT2D eigenvalue weighted by molar-refractivity contribution is 0.0951. The van der Waals surface area contributed by atoms with E-state index in [2.05, 4.69) is 4.90 Å². The molecular weight excluding hydrogens is 265 g/mol. The molecule has 0 radical (unpaired) electrons. The lowest BCUT2D eigenvalue weighted by Gasteiger charge is -2.37. The van der Waals surface area contributed by atoms with Crippen LogP contribution in [0.4, 0.5) is 0 Å². The molecule has 5 heteroatoms. The van der Waals surface area contributed by atoms with E-state index in [1.54, 1.807) is 18.2 Å². The summed E-state index contributed by atoms with van der Waals surface area (Å²) in [5.74, 6) is 1.62. The van der Waals surface area contributed by atoms with E-state index in [4.69, 9.17) is 4.74 Å². The van der Waals surface area contributed by atoms with Gasteiger partial charge in [0.2, 0.25) is 0 Å². The second kappa shape index (κ2) is 6.82. The van der Waals surface area contributed by atoms with E-state index in [1.807, 2.05) is 6.07 Å². The third-order valence-corrected chi connectivity index (χ3v) is 4.91. The van der Waals surface area contributed by atoms with Crippen LogP contribution in [0.15, 0.2) is 24.3 Å². The van der Waals surface area contributed by atoms with Crippen molar-refractivity contribution in [3.8, 4) is 5.75 Å². The van der Waals surface area contributed by atoms with E-state index >= 15 is 0 Å². The first-order valence-corrected chi connectivity index (χ1v) is 8.07. The third-order valence-electron chi connectivity index (χ3n) is 4.91. The monoisotopic (exact) mass is 289 g/mol. The van der Waals surface area contributed by atoms with Gasteiger partial charge >= 0.3 is 7.12 Å². The van der Waals surface area contributed by atoms with Gasteiger partial charge in [-0.1, -0.05) is 18.6 Å². The van der Waals surface area contributed by atoms with Crippen LogP contribution in [0.3, 0.4) is 0 Å². The first-order valence-electron chi connectivity index (χ1n) is 8.07. The van der Waals surface area contributed by atoms with Crippen molar-refractivity contribution in [3.05, 3.63) is 24.3 Å². The highest BCUT2D eigenvalue weighted by molar-refractivity contribution is 6.58. The molecule has 114 valence electrons. The van der Waals surface area contributed by atoms with Crippen LogP contribution >= 0.6 is 0 Å². The molecule has 1 aliphatic carbocycles. The molecule has 1 saturated carbocycles. The summed E-state index contributed by atoms with van der Waals surface area (Å²) in [5, 5.41) is 18.3. The van der Waals surface area contributed by atoms with Crippen LogP contribution < -0.4 is 10.2 Å². The Balaban J connectivity index is 1.50. The molecule has 0 bridgehead atoms. The molecule has 1 aliphatic heterocycles. The molecule has 2 unspecified atom stereocenters. The van der Waals surface area contributed by atoms with Crippen molar-refractivity contribution in [1.29, 1.82) is 0 Å². The van der Waals surface area contributed by atoms with Crippen molar-refractivity contribution >= 4 is 12.6 Å². The second-order valence-corrected chi connectivity index (χ2v) is 6.23. The number of nitrogens with zero attached hydrogens (tertiary/aromatic N) is 1. The molecule has 3 rings (SSSR count). The van der Waals surface area contributed by atoms with E-state index in [0.717, 1.165) is 18.5 Å². The Morgan fingerprint density at radius 2 is 2.05 bits per heavy atom. The number of hydrogen-bond donors (Lipinski definition) is 2. The van der Waals surface area contributed by atoms with Crippen LogP contribution in [0.5, 0.6) is 5.75 Å². The Morgan fingerprint density at radius 3 is 2.90 bits per heavy atom. The highest BCUT2D eigenvalue weighted by Crippen LogP contribution is 2.36. The van der Waals surface area contributed by atoms with Crippen molar-refractivity contribution < 1.29 is 14.8 Å². The van der Waals surface area contributed by atoms with Gasteiger partial charge in [0.25, 0.3) is 0 Å². The van der Waals surface area contributed by atoms with Crippen molar-refractivity contribution in [1.82, 2.24) is 4.90 Å². The minimum Gasteiger partial charge on any atom is -0.492 e. The highest BCUT2D eigenvalue weighted by atomic mass is 16.5. The molecule has 2 atom stereocenters. The minimum absolute atomic E-state index is 0.473. The summed E-state index contributed by atoms with van der Waals surface area (Å²) in [4.78, 5) is 2.59. The Morgan fingerprint density at radius 1 is 1.19 bits per heavy atom. The van der Waals surface area contributed by atoms with E-state index < -0.39 is 7.12 Å². The summed E-state index contributed by atoms with van der Waals surface area (Å²) in [6.45, 7) is 2.82. The summed E-state index contributed by atoms with van der Waals surface area (Å²) in [5.41, 5.74) is 0.473. The van der Waals surface area contributed by atoms with Gasteiger partial charge in [0.05, 0.1) is 0 Å². The topological polar surface area (TPSA) is 52.9 Å². The van der Waals surface area contributed by atoms with Crippen molar-refractivity contribution in [2.75, 3.05) is 19.7 Å². The Hall–Kier alpha value is -1.04. The third kappa shape index (κ3) is 3.60. The van der Waals surface area contributed by atoms with Crippen LogP contribution in [0.2, 0.25) is 0 Å². The molecular formula is C16H24BNO3. The van der Waals surface area contributed by atoms with Gasteiger partial charge < -0.3 is 14.8 Å². The number of fused-ring (bicyclic) bond motifs is 1. The summed E-state index contributed by atoms with van der Waals surface area (Å²) in [6.07, 6.45) is 6.84. The lowest BCUT2D eigenvalue weighted by atomic mass is 9.80. The molecule has 0 spiro atoms. The summed E-state index contributed by atoms with van der Waals surface area (Å²) < 4.78 is 5.78. The lowest BCUT2D eigenvalue weighted by Crippen LogP contribution is -2.44. The van der Waals surface area contributed by atoms with E-state index in [0.29, 0.717) is 17.8 Å². The van der Waals surface area contributed by atoms with Crippen molar-refractivity contribution in [2.24, 2.45) is 5.92 Å². The van der Waals surface area contributed by atoms with Gasteiger partial charge in [-0.2, -0.15) is 0 Å². The fourth-order valence-electron chi connectivity index (χ4n) is 3.88. The molecule has 1 saturated heterocycles. The number of ether oxygens (including phenoxy) is 1. The zero-order valence-corrected chi connectivity index (χ0v) is 12.4. The molecule has 1 heterocycles. The van der Waals surface area contributed by atoms with Gasteiger partial charge in [-0.25, -0.2) is 0 Å². The van der Waals surface area contributed by atoms with Crippen molar-refractivity contribution in [2.45, 2.75) is 38.1 Å². The predicted molar refractivity (Wildman–Crippen MR) is 83.7 cm³/mol. The zero-order chi connectivity index (χ0) is 14.7. The average Bonchev–Trinajstić information content (AvgIpc) is 2.97.